The monoisotopic (exact) mass is 249 g/mol. The maximum absolute atomic E-state index is 11.9. The molecule has 98 valence electrons. The zero-order chi connectivity index (χ0) is 13.0. The fourth-order valence-electron chi connectivity index (χ4n) is 2.02. The number of rotatable bonds is 4. The summed E-state index contributed by atoms with van der Waals surface area (Å²) in [4.78, 5) is 24.1. The third-order valence-corrected chi connectivity index (χ3v) is 2.97. The zero-order valence-electron chi connectivity index (χ0n) is 10.9. The Bertz CT molecular complexity index is 415. The first-order chi connectivity index (χ1) is 8.68. The maximum Gasteiger partial charge on any atom is 0.241 e. The quantitative estimate of drug-likeness (QED) is 0.845. The molecule has 1 fully saturated rings. The van der Waals surface area contributed by atoms with Crippen molar-refractivity contribution in [1.82, 2.24) is 14.9 Å². The van der Waals surface area contributed by atoms with Crippen LogP contribution in [0.3, 0.4) is 0 Å². The lowest BCUT2D eigenvalue weighted by atomic mass is 10.4. The summed E-state index contributed by atoms with van der Waals surface area (Å²) in [5, 5.41) is 3.06. The van der Waals surface area contributed by atoms with Gasteiger partial charge in [0.25, 0.3) is 0 Å². The van der Waals surface area contributed by atoms with Crippen LogP contribution in [0, 0.1) is 0 Å². The second-order valence-electron chi connectivity index (χ2n) is 4.56. The molecule has 0 atom stereocenters. The number of carbonyl (C=O) groups is 1. The molecule has 2 rings (SSSR count). The van der Waals surface area contributed by atoms with Gasteiger partial charge in [-0.25, -0.2) is 9.97 Å². The molecule has 1 aliphatic heterocycles. The molecule has 1 aromatic rings. The highest BCUT2D eigenvalue weighted by Crippen LogP contribution is 2.17. The average molecular weight is 249 g/mol. The van der Waals surface area contributed by atoms with Crippen LogP contribution < -0.4 is 10.2 Å². The van der Waals surface area contributed by atoms with E-state index >= 15 is 0 Å². The van der Waals surface area contributed by atoms with Gasteiger partial charge in [-0.05, 0) is 12.8 Å². The van der Waals surface area contributed by atoms with Crippen LogP contribution in [0.15, 0.2) is 12.4 Å². The molecule has 2 heterocycles. The SMILES string of the molecule is CN(C)c1nccnc1NCC(=O)N1CCCC1. The lowest BCUT2D eigenvalue weighted by Gasteiger charge is -2.18. The van der Waals surface area contributed by atoms with Crippen molar-refractivity contribution < 1.29 is 4.79 Å². The van der Waals surface area contributed by atoms with E-state index in [0.29, 0.717) is 5.82 Å². The summed E-state index contributed by atoms with van der Waals surface area (Å²) in [6, 6.07) is 0. The van der Waals surface area contributed by atoms with Gasteiger partial charge >= 0.3 is 0 Å². The molecule has 18 heavy (non-hydrogen) atoms. The molecule has 6 heteroatoms. The summed E-state index contributed by atoms with van der Waals surface area (Å²) in [7, 11) is 3.80. The van der Waals surface area contributed by atoms with Gasteiger partial charge in [0.2, 0.25) is 5.91 Å². The van der Waals surface area contributed by atoms with Gasteiger partial charge in [-0.3, -0.25) is 4.79 Å². The smallest absolute Gasteiger partial charge is 0.241 e. The van der Waals surface area contributed by atoms with Gasteiger partial charge < -0.3 is 15.1 Å². The lowest BCUT2D eigenvalue weighted by Crippen LogP contribution is -2.33. The minimum atomic E-state index is 0.128. The third-order valence-electron chi connectivity index (χ3n) is 2.97. The van der Waals surface area contributed by atoms with Gasteiger partial charge in [-0.2, -0.15) is 0 Å². The number of aromatic nitrogens is 2. The van der Waals surface area contributed by atoms with Crippen molar-refractivity contribution >= 4 is 17.5 Å². The first-order valence-electron chi connectivity index (χ1n) is 6.18. The highest BCUT2D eigenvalue weighted by Gasteiger charge is 2.18. The van der Waals surface area contributed by atoms with Crippen LogP contribution in [-0.4, -0.2) is 54.5 Å². The normalized spacial score (nSPS) is 14.7. The number of amides is 1. The number of hydrogen-bond donors (Lipinski definition) is 1. The van der Waals surface area contributed by atoms with Crippen molar-refractivity contribution in [2.45, 2.75) is 12.8 Å². The number of carbonyl (C=O) groups excluding carboxylic acids is 1. The van der Waals surface area contributed by atoms with Crippen LogP contribution in [-0.2, 0) is 4.79 Å². The Hall–Kier alpha value is -1.85. The van der Waals surface area contributed by atoms with Crippen LogP contribution >= 0.6 is 0 Å². The molecule has 1 amide bonds. The number of likely N-dealkylation sites (tertiary alicyclic amines) is 1. The first-order valence-corrected chi connectivity index (χ1v) is 6.18. The van der Waals surface area contributed by atoms with E-state index in [2.05, 4.69) is 15.3 Å². The minimum Gasteiger partial charge on any atom is -0.360 e. The van der Waals surface area contributed by atoms with E-state index in [1.54, 1.807) is 12.4 Å². The van der Waals surface area contributed by atoms with Crippen LogP contribution in [0.2, 0.25) is 0 Å². The van der Waals surface area contributed by atoms with Gasteiger partial charge in [0.05, 0.1) is 6.54 Å². The molecule has 0 aromatic carbocycles. The molecule has 1 aliphatic rings. The summed E-state index contributed by atoms with van der Waals surface area (Å²) < 4.78 is 0. The largest absolute Gasteiger partial charge is 0.360 e. The van der Waals surface area contributed by atoms with E-state index in [1.165, 1.54) is 0 Å². The highest BCUT2D eigenvalue weighted by molar-refractivity contribution is 5.81. The van der Waals surface area contributed by atoms with Crippen molar-refractivity contribution in [3.63, 3.8) is 0 Å². The Balaban J connectivity index is 1.95. The van der Waals surface area contributed by atoms with E-state index in [9.17, 15) is 4.79 Å². The summed E-state index contributed by atoms with van der Waals surface area (Å²) in [6.07, 6.45) is 5.48. The zero-order valence-corrected chi connectivity index (χ0v) is 10.9. The highest BCUT2D eigenvalue weighted by atomic mass is 16.2. The summed E-state index contributed by atoms with van der Waals surface area (Å²) in [5.74, 6) is 1.52. The van der Waals surface area contributed by atoms with Crippen LogP contribution in [0.25, 0.3) is 0 Å². The minimum absolute atomic E-state index is 0.128. The number of nitrogens with zero attached hydrogens (tertiary/aromatic N) is 4. The van der Waals surface area contributed by atoms with E-state index in [4.69, 9.17) is 0 Å². The molecule has 0 unspecified atom stereocenters. The first kappa shape index (κ1) is 12.6. The molecule has 1 saturated heterocycles. The molecule has 0 aliphatic carbocycles. The fourth-order valence-corrected chi connectivity index (χ4v) is 2.02. The van der Waals surface area contributed by atoms with Crippen molar-refractivity contribution in [3.05, 3.63) is 12.4 Å². The average Bonchev–Trinajstić information content (AvgIpc) is 2.90. The van der Waals surface area contributed by atoms with E-state index in [0.717, 1.165) is 31.7 Å². The standard InChI is InChI=1S/C12H19N5O/c1-16(2)12-11(13-5-6-14-12)15-9-10(18)17-7-3-4-8-17/h5-6H,3-4,7-9H2,1-2H3,(H,13,15). The van der Waals surface area contributed by atoms with Crippen LogP contribution in [0.4, 0.5) is 11.6 Å². The Morgan fingerprint density at radius 1 is 1.33 bits per heavy atom. The predicted octanol–water partition coefficient (Wildman–Crippen LogP) is 0.577. The van der Waals surface area contributed by atoms with Gasteiger partial charge in [0.1, 0.15) is 0 Å². The van der Waals surface area contributed by atoms with E-state index in [-0.39, 0.29) is 12.5 Å². The molecule has 0 bridgehead atoms. The molecule has 1 N–H and O–H groups in total. The Morgan fingerprint density at radius 3 is 2.67 bits per heavy atom. The maximum atomic E-state index is 11.9. The molecule has 0 radical (unpaired) electrons. The number of anilines is 2. The number of nitrogens with one attached hydrogen (secondary N) is 1. The number of hydrogen-bond acceptors (Lipinski definition) is 5. The summed E-state index contributed by atoms with van der Waals surface area (Å²) >= 11 is 0. The third kappa shape index (κ3) is 2.88. The van der Waals surface area contributed by atoms with Crippen molar-refractivity contribution in [3.8, 4) is 0 Å². The van der Waals surface area contributed by atoms with E-state index < -0.39 is 0 Å². The molecule has 0 saturated carbocycles. The van der Waals surface area contributed by atoms with Crippen LogP contribution in [0.5, 0.6) is 0 Å². The Morgan fingerprint density at radius 2 is 2.00 bits per heavy atom. The van der Waals surface area contributed by atoms with E-state index in [1.807, 2.05) is 23.9 Å². The lowest BCUT2D eigenvalue weighted by molar-refractivity contribution is -0.128. The van der Waals surface area contributed by atoms with Crippen molar-refractivity contribution in [1.29, 1.82) is 0 Å². The predicted molar refractivity (Wildman–Crippen MR) is 70.7 cm³/mol. The Kier molecular flexibility index (Phi) is 3.96. The van der Waals surface area contributed by atoms with Gasteiger partial charge in [0.15, 0.2) is 11.6 Å². The van der Waals surface area contributed by atoms with Gasteiger partial charge in [-0.15, -0.1) is 0 Å². The topological polar surface area (TPSA) is 61.4 Å². The van der Waals surface area contributed by atoms with Crippen molar-refractivity contribution in [2.75, 3.05) is 43.9 Å². The van der Waals surface area contributed by atoms with Crippen LogP contribution in [0.1, 0.15) is 12.8 Å². The summed E-state index contributed by atoms with van der Waals surface area (Å²) in [5.41, 5.74) is 0. The van der Waals surface area contributed by atoms with Gasteiger partial charge in [-0.1, -0.05) is 0 Å². The van der Waals surface area contributed by atoms with Crippen molar-refractivity contribution in [2.24, 2.45) is 0 Å². The van der Waals surface area contributed by atoms with Gasteiger partial charge in [0, 0.05) is 39.6 Å². The second-order valence-corrected chi connectivity index (χ2v) is 4.56. The molecular formula is C12H19N5O. The molecule has 1 aromatic heterocycles. The fraction of sp³-hybridized carbons (Fsp3) is 0.583. The molecule has 0 spiro atoms. The second kappa shape index (κ2) is 5.66. The molecule has 6 nitrogen and oxygen atoms in total. The summed E-state index contributed by atoms with van der Waals surface area (Å²) in [6.45, 7) is 2.03. The molecular weight excluding hydrogens is 230 g/mol. The Labute approximate surface area is 107 Å².